The Morgan fingerprint density at radius 1 is 1.07 bits per heavy atom. The van der Waals surface area contributed by atoms with Gasteiger partial charge in [0.25, 0.3) is 5.91 Å². The van der Waals surface area contributed by atoms with Crippen molar-refractivity contribution in [2.75, 3.05) is 32.7 Å². The van der Waals surface area contributed by atoms with Crippen molar-refractivity contribution in [3.05, 3.63) is 64.4 Å². The summed E-state index contributed by atoms with van der Waals surface area (Å²) in [6, 6.07) is 9.25. The van der Waals surface area contributed by atoms with Gasteiger partial charge in [-0.05, 0) is 48.9 Å². The number of carbonyl (C=O) groups is 2. The van der Waals surface area contributed by atoms with E-state index in [1.165, 1.54) is 6.20 Å². The lowest BCUT2D eigenvalue weighted by Crippen LogP contribution is -2.33. The molecule has 1 aromatic heterocycles. The second-order valence-corrected chi connectivity index (χ2v) is 8.38. The zero-order valence-electron chi connectivity index (χ0n) is 16.3. The van der Waals surface area contributed by atoms with Gasteiger partial charge in [0.05, 0.1) is 10.6 Å². The number of primary amides is 1. The number of likely N-dealkylation sites (tertiary alicyclic amines) is 2. The number of fused-ring (bicyclic) bond motifs is 1. The molecule has 2 aliphatic rings. The molecule has 4 rings (SSSR count). The highest BCUT2D eigenvalue weighted by Gasteiger charge is 2.41. The van der Waals surface area contributed by atoms with Crippen LogP contribution in [0.25, 0.3) is 0 Å². The Morgan fingerprint density at radius 2 is 1.79 bits per heavy atom. The average molecular weight is 413 g/mol. The van der Waals surface area contributed by atoms with Gasteiger partial charge in [-0.3, -0.25) is 14.6 Å². The van der Waals surface area contributed by atoms with Crippen LogP contribution in [0.15, 0.2) is 42.7 Å². The summed E-state index contributed by atoms with van der Waals surface area (Å²) < 4.78 is 0. The van der Waals surface area contributed by atoms with E-state index in [4.69, 9.17) is 17.3 Å². The van der Waals surface area contributed by atoms with E-state index in [0.717, 1.165) is 51.1 Å². The van der Waals surface area contributed by atoms with Crippen LogP contribution in [0.4, 0.5) is 0 Å². The molecule has 0 aliphatic carbocycles. The van der Waals surface area contributed by atoms with Gasteiger partial charge in [0, 0.05) is 44.1 Å². The molecule has 2 saturated heterocycles. The Kier molecular flexibility index (Phi) is 5.83. The summed E-state index contributed by atoms with van der Waals surface area (Å²) >= 11 is 6.13. The van der Waals surface area contributed by atoms with E-state index in [2.05, 4.69) is 9.88 Å². The van der Waals surface area contributed by atoms with E-state index in [1.807, 2.05) is 23.1 Å². The van der Waals surface area contributed by atoms with E-state index in [0.29, 0.717) is 28.0 Å². The standard InChI is InChI=1S/C22H25ClN4O2/c23-20-10-25-8-7-19(20)22(29)27-13-16-11-26(12-17(16)14-27)9-3-5-15-4-1-2-6-18(15)21(24)28/h1-2,4,6-8,10,16-17H,3,5,9,11-14H2,(H2,24,28)/t16-,17?/m0/s1. The predicted octanol–water partition coefficient (Wildman–Crippen LogP) is 2.47. The minimum Gasteiger partial charge on any atom is -0.366 e. The van der Waals surface area contributed by atoms with Crippen molar-refractivity contribution < 1.29 is 9.59 Å². The fourth-order valence-corrected chi connectivity index (χ4v) is 4.83. The lowest BCUT2D eigenvalue weighted by molar-refractivity contribution is 0.0773. The van der Waals surface area contributed by atoms with Crippen molar-refractivity contribution in [3.63, 3.8) is 0 Å². The van der Waals surface area contributed by atoms with Crippen LogP contribution in [0.2, 0.25) is 5.02 Å². The predicted molar refractivity (Wildman–Crippen MR) is 112 cm³/mol. The Balaban J connectivity index is 1.27. The Bertz CT molecular complexity index is 905. The number of pyridine rings is 1. The number of aryl methyl sites for hydroxylation is 1. The maximum absolute atomic E-state index is 12.8. The van der Waals surface area contributed by atoms with Crippen LogP contribution in [0.1, 0.15) is 32.7 Å². The average Bonchev–Trinajstić information content (AvgIpc) is 3.27. The lowest BCUT2D eigenvalue weighted by Gasteiger charge is -2.22. The van der Waals surface area contributed by atoms with Gasteiger partial charge >= 0.3 is 0 Å². The van der Waals surface area contributed by atoms with Crippen molar-refractivity contribution in [1.29, 1.82) is 0 Å². The topological polar surface area (TPSA) is 79.5 Å². The first kappa shape index (κ1) is 19.9. The molecule has 2 fully saturated rings. The second-order valence-electron chi connectivity index (χ2n) is 7.97. The molecule has 6 nitrogen and oxygen atoms in total. The van der Waals surface area contributed by atoms with E-state index >= 15 is 0 Å². The third-order valence-electron chi connectivity index (χ3n) is 6.06. The second kappa shape index (κ2) is 8.51. The van der Waals surface area contributed by atoms with Gasteiger partial charge < -0.3 is 15.5 Å². The quantitative estimate of drug-likeness (QED) is 0.790. The van der Waals surface area contributed by atoms with Gasteiger partial charge in [-0.25, -0.2) is 0 Å². The number of amides is 2. The summed E-state index contributed by atoms with van der Waals surface area (Å²) in [5, 5.41) is 0.410. The first-order valence-electron chi connectivity index (χ1n) is 10.0. The van der Waals surface area contributed by atoms with E-state index in [-0.39, 0.29) is 11.8 Å². The minimum atomic E-state index is -0.365. The first-order valence-corrected chi connectivity index (χ1v) is 10.4. The van der Waals surface area contributed by atoms with Crippen LogP contribution in [0, 0.1) is 11.8 Å². The molecule has 3 heterocycles. The molecule has 1 aromatic carbocycles. The number of rotatable bonds is 6. The molecule has 2 aliphatic heterocycles. The number of aromatic nitrogens is 1. The molecular formula is C22H25ClN4O2. The molecule has 0 saturated carbocycles. The van der Waals surface area contributed by atoms with E-state index in [1.54, 1.807) is 18.3 Å². The van der Waals surface area contributed by atoms with Crippen LogP contribution < -0.4 is 5.73 Å². The number of hydrogen-bond acceptors (Lipinski definition) is 4. The third kappa shape index (κ3) is 4.28. The molecular weight excluding hydrogens is 388 g/mol. The smallest absolute Gasteiger partial charge is 0.255 e. The van der Waals surface area contributed by atoms with E-state index < -0.39 is 0 Å². The Labute approximate surface area is 175 Å². The molecule has 0 bridgehead atoms. The van der Waals surface area contributed by atoms with Crippen LogP contribution in [0.5, 0.6) is 0 Å². The highest BCUT2D eigenvalue weighted by Crippen LogP contribution is 2.32. The summed E-state index contributed by atoms with van der Waals surface area (Å²) in [5.74, 6) is 0.659. The number of nitrogens with zero attached hydrogens (tertiary/aromatic N) is 3. The number of hydrogen-bond donors (Lipinski definition) is 1. The number of halogens is 1. The summed E-state index contributed by atoms with van der Waals surface area (Å²) in [4.78, 5) is 32.7. The van der Waals surface area contributed by atoms with Crippen molar-refractivity contribution in [2.45, 2.75) is 12.8 Å². The van der Waals surface area contributed by atoms with Gasteiger partial charge in [-0.2, -0.15) is 0 Å². The van der Waals surface area contributed by atoms with Crippen molar-refractivity contribution >= 4 is 23.4 Å². The van der Waals surface area contributed by atoms with Gasteiger partial charge in [0.15, 0.2) is 0 Å². The zero-order valence-corrected chi connectivity index (χ0v) is 17.0. The summed E-state index contributed by atoms with van der Waals surface area (Å²) in [5.41, 5.74) is 7.64. The highest BCUT2D eigenvalue weighted by molar-refractivity contribution is 6.33. The fourth-order valence-electron chi connectivity index (χ4n) is 4.63. The summed E-state index contributed by atoms with van der Waals surface area (Å²) in [6.07, 6.45) is 4.95. The molecule has 29 heavy (non-hydrogen) atoms. The normalized spacial score (nSPS) is 21.3. The lowest BCUT2D eigenvalue weighted by atomic mass is 10.0. The maximum Gasteiger partial charge on any atom is 0.255 e. The molecule has 2 amide bonds. The van der Waals surface area contributed by atoms with Crippen molar-refractivity contribution in [2.24, 2.45) is 17.6 Å². The van der Waals surface area contributed by atoms with E-state index in [9.17, 15) is 9.59 Å². The van der Waals surface area contributed by atoms with Crippen LogP contribution in [0.3, 0.4) is 0 Å². The van der Waals surface area contributed by atoms with Crippen LogP contribution in [-0.4, -0.2) is 59.3 Å². The fraction of sp³-hybridized carbons (Fsp3) is 0.409. The van der Waals surface area contributed by atoms with Crippen molar-refractivity contribution in [1.82, 2.24) is 14.8 Å². The zero-order chi connectivity index (χ0) is 20.4. The largest absolute Gasteiger partial charge is 0.366 e. The molecule has 1 unspecified atom stereocenters. The molecule has 2 atom stereocenters. The summed E-state index contributed by atoms with van der Waals surface area (Å²) in [6.45, 7) is 4.57. The van der Waals surface area contributed by atoms with Crippen molar-refractivity contribution in [3.8, 4) is 0 Å². The molecule has 2 N–H and O–H groups in total. The Morgan fingerprint density at radius 3 is 2.48 bits per heavy atom. The molecule has 7 heteroatoms. The van der Waals surface area contributed by atoms with Gasteiger partial charge in [-0.1, -0.05) is 29.8 Å². The van der Waals surface area contributed by atoms with Crippen LogP contribution in [-0.2, 0) is 6.42 Å². The minimum absolute atomic E-state index is 0.00130. The number of carbonyl (C=O) groups excluding carboxylic acids is 2. The molecule has 2 aromatic rings. The first-order chi connectivity index (χ1) is 14.0. The van der Waals surface area contributed by atoms with Crippen LogP contribution >= 0.6 is 11.6 Å². The highest BCUT2D eigenvalue weighted by atomic mass is 35.5. The van der Waals surface area contributed by atoms with Gasteiger partial charge in [-0.15, -0.1) is 0 Å². The van der Waals surface area contributed by atoms with Gasteiger partial charge in [0.2, 0.25) is 5.91 Å². The van der Waals surface area contributed by atoms with Gasteiger partial charge in [0.1, 0.15) is 0 Å². The molecule has 152 valence electrons. The Hall–Kier alpha value is -2.44. The summed E-state index contributed by atoms with van der Waals surface area (Å²) in [7, 11) is 0. The molecule has 0 radical (unpaired) electrons. The number of benzene rings is 1. The third-order valence-corrected chi connectivity index (χ3v) is 6.36. The maximum atomic E-state index is 12.8. The monoisotopic (exact) mass is 412 g/mol. The SMILES string of the molecule is NC(=O)c1ccccc1CCCN1CC2CN(C(=O)c3ccncc3Cl)C[C@@H]2C1. The number of nitrogens with two attached hydrogens (primary N) is 1. The molecule has 0 spiro atoms.